The molecule has 3 aromatic rings. The lowest BCUT2D eigenvalue weighted by atomic mass is 9.91. The lowest BCUT2D eigenvalue weighted by molar-refractivity contribution is -0.111. The largest absolute Gasteiger partial charge is 0.322 e. The van der Waals surface area contributed by atoms with Crippen LogP contribution in [-0.4, -0.2) is 65.3 Å². The van der Waals surface area contributed by atoms with Crippen molar-refractivity contribution in [2.75, 3.05) is 26.5 Å². The van der Waals surface area contributed by atoms with Crippen LogP contribution in [0.3, 0.4) is 0 Å². The summed E-state index contributed by atoms with van der Waals surface area (Å²) in [7, 11) is 6.44. The first-order chi connectivity index (χ1) is 16.4. The van der Waals surface area contributed by atoms with E-state index >= 15 is 0 Å². The van der Waals surface area contributed by atoms with Gasteiger partial charge in [-0.2, -0.15) is 0 Å². The van der Waals surface area contributed by atoms with E-state index in [-0.39, 0.29) is 5.91 Å². The number of anilines is 1. The quantitative estimate of drug-likeness (QED) is 0.427. The summed E-state index contributed by atoms with van der Waals surface area (Å²) in [5.41, 5.74) is 2.38. The molecule has 1 amide bonds. The van der Waals surface area contributed by atoms with Crippen molar-refractivity contribution in [1.29, 1.82) is 0 Å². The molecule has 1 aromatic carbocycles. The third-order valence-corrected chi connectivity index (χ3v) is 6.08. The van der Waals surface area contributed by atoms with E-state index in [1.54, 1.807) is 12.3 Å². The van der Waals surface area contributed by atoms with Gasteiger partial charge in [-0.3, -0.25) is 14.6 Å². The minimum absolute atomic E-state index is 0.304. The van der Waals surface area contributed by atoms with E-state index in [2.05, 4.69) is 58.2 Å². The van der Waals surface area contributed by atoms with Crippen molar-refractivity contribution in [3.8, 4) is 11.4 Å². The summed E-state index contributed by atoms with van der Waals surface area (Å²) in [6, 6.07) is 10.3. The van der Waals surface area contributed by atoms with E-state index in [1.165, 1.54) is 44.0 Å². The highest BCUT2D eigenvalue weighted by atomic mass is 16.1. The molecular weight excluding hydrogens is 428 g/mol. The molecule has 0 saturated heterocycles. The van der Waals surface area contributed by atoms with Gasteiger partial charge in [0.1, 0.15) is 5.69 Å². The first-order valence-corrected chi connectivity index (χ1v) is 11.4. The molecule has 178 valence electrons. The van der Waals surface area contributed by atoms with Crippen molar-refractivity contribution < 1.29 is 9.59 Å². The third kappa shape index (κ3) is 6.52. The van der Waals surface area contributed by atoms with Crippen molar-refractivity contribution in [1.82, 2.24) is 25.2 Å². The Labute approximate surface area is 200 Å². The zero-order chi connectivity index (χ0) is 24.5. The maximum absolute atomic E-state index is 11.6. The van der Waals surface area contributed by atoms with E-state index in [9.17, 15) is 9.59 Å². The van der Waals surface area contributed by atoms with Gasteiger partial charge in [-0.15, -0.1) is 0 Å². The van der Waals surface area contributed by atoms with Gasteiger partial charge < -0.3 is 15.5 Å². The molecule has 0 radical (unpaired) electrons. The second-order valence-corrected chi connectivity index (χ2v) is 8.46. The third-order valence-electron chi connectivity index (χ3n) is 6.08. The lowest BCUT2D eigenvalue weighted by Crippen LogP contribution is -2.37. The maximum atomic E-state index is 11.6. The van der Waals surface area contributed by atoms with E-state index in [0.29, 0.717) is 23.5 Å². The normalized spacial score (nSPS) is 17.5. The number of carbonyl (C=O) groups excluding carboxylic acids is 2. The number of nitrogens with zero attached hydrogens (tertiary/aromatic N) is 4. The van der Waals surface area contributed by atoms with Crippen molar-refractivity contribution in [3.63, 3.8) is 0 Å². The predicted molar refractivity (Wildman–Crippen MR) is 136 cm³/mol. The molecule has 0 spiro atoms. The van der Waals surface area contributed by atoms with Gasteiger partial charge in [0.2, 0.25) is 5.91 Å². The maximum Gasteiger partial charge on any atom is 0.247 e. The molecule has 0 aliphatic heterocycles. The molecular formula is C26H32N6O2. The highest BCUT2D eigenvalue weighted by molar-refractivity contribution is 6.05. The van der Waals surface area contributed by atoms with Crippen molar-refractivity contribution in [3.05, 3.63) is 61.1 Å². The highest BCUT2D eigenvalue weighted by Gasteiger charge is 2.20. The number of aromatic nitrogens is 3. The number of amides is 1. The molecule has 8 nitrogen and oxygen atoms in total. The summed E-state index contributed by atoms with van der Waals surface area (Å²) in [6.07, 6.45) is 10.4. The van der Waals surface area contributed by atoms with Gasteiger partial charge in [-0.25, -0.2) is 9.97 Å². The Morgan fingerprint density at radius 1 is 1.09 bits per heavy atom. The first kappa shape index (κ1) is 25.1. The number of carbonyl (C=O) groups is 2. The van der Waals surface area contributed by atoms with Crippen LogP contribution in [-0.2, 0) is 4.79 Å². The topological polar surface area (TPSA) is 100 Å². The minimum Gasteiger partial charge on any atom is -0.322 e. The van der Waals surface area contributed by atoms with Gasteiger partial charge in [0.05, 0.1) is 11.2 Å². The predicted octanol–water partition coefficient (Wildman–Crippen LogP) is 3.71. The summed E-state index contributed by atoms with van der Waals surface area (Å²) < 4.78 is 0. The number of benzene rings is 1. The molecule has 2 heterocycles. The zero-order valence-corrected chi connectivity index (χ0v) is 20.0. The standard InChI is InChI=1S/C17H12N4O2.C9H20N2/c1-2-16(23)21-15-6-8-18-14-4-3-11(9-13(14)15)17-19-7-5-12(10-22)20-17;1-10-8-4-6-9(7-5-8)11(2)3/h2-10H,1H2,(H,18,21,23);8-10H,4-7H2,1-3H3. The van der Waals surface area contributed by atoms with E-state index in [0.717, 1.165) is 28.6 Å². The Kier molecular flexibility index (Phi) is 8.95. The Morgan fingerprint density at radius 3 is 2.47 bits per heavy atom. The second kappa shape index (κ2) is 12.1. The number of hydrogen-bond donors (Lipinski definition) is 2. The fourth-order valence-electron chi connectivity index (χ4n) is 4.04. The number of rotatable bonds is 6. The van der Waals surface area contributed by atoms with E-state index in [1.807, 2.05) is 18.2 Å². The van der Waals surface area contributed by atoms with Gasteiger partial charge in [-0.05, 0) is 83.2 Å². The minimum atomic E-state index is -0.304. The van der Waals surface area contributed by atoms with Crippen LogP contribution in [0.15, 0.2) is 55.4 Å². The number of fused-ring (bicyclic) bond motifs is 1. The molecule has 1 aliphatic rings. The van der Waals surface area contributed by atoms with Gasteiger partial charge in [-0.1, -0.05) is 6.58 Å². The second-order valence-electron chi connectivity index (χ2n) is 8.46. The molecule has 34 heavy (non-hydrogen) atoms. The lowest BCUT2D eigenvalue weighted by Gasteiger charge is -2.32. The van der Waals surface area contributed by atoms with Crippen LogP contribution in [0.2, 0.25) is 0 Å². The summed E-state index contributed by atoms with van der Waals surface area (Å²) in [6.45, 7) is 3.44. The molecule has 1 saturated carbocycles. The molecule has 2 N–H and O–H groups in total. The van der Waals surface area contributed by atoms with Gasteiger partial charge in [0, 0.05) is 35.4 Å². The average Bonchev–Trinajstić information content (AvgIpc) is 2.89. The molecule has 1 aliphatic carbocycles. The number of pyridine rings is 1. The summed E-state index contributed by atoms with van der Waals surface area (Å²) >= 11 is 0. The van der Waals surface area contributed by atoms with Gasteiger partial charge in [0.25, 0.3) is 0 Å². The monoisotopic (exact) mass is 460 g/mol. The van der Waals surface area contributed by atoms with Gasteiger partial charge >= 0.3 is 0 Å². The molecule has 0 atom stereocenters. The smallest absolute Gasteiger partial charge is 0.247 e. The Bertz CT molecular complexity index is 1140. The summed E-state index contributed by atoms with van der Waals surface area (Å²) in [4.78, 5) is 37.4. The summed E-state index contributed by atoms with van der Waals surface area (Å²) in [5, 5.41) is 6.84. The first-order valence-electron chi connectivity index (χ1n) is 11.4. The number of aldehydes is 1. The van der Waals surface area contributed by atoms with E-state index in [4.69, 9.17) is 0 Å². The number of hydrogen-bond acceptors (Lipinski definition) is 7. The molecule has 1 fully saturated rings. The average molecular weight is 461 g/mol. The molecule has 0 bridgehead atoms. The van der Waals surface area contributed by atoms with Crippen LogP contribution in [0, 0.1) is 0 Å². The SMILES string of the molecule is C=CC(=O)Nc1ccnc2ccc(-c3nccc(C=O)n3)cc12.CNC1CCC(N(C)C)CC1. The fourth-order valence-corrected chi connectivity index (χ4v) is 4.04. The zero-order valence-electron chi connectivity index (χ0n) is 20.0. The molecule has 4 rings (SSSR count). The van der Waals surface area contributed by atoms with Crippen LogP contribution in [0.25, 0.3) is 22.3 Å². The van der Waals surface area contributed by atoms with Crippen molar-refractivity contribution in [2.45, 2.75) is 37.8 Å². The summed E-state index contributed by atoms with van der Waals surface area (Å²) in [5.74, 6) is 0.128. The molecule has 2 aromatic heterocycles. The molecule has 8 heteroatoms. The fraction of sp³-hybridized carbons (Fsp3) is 0.346. The van der Waals surface area contributed by atoms with Gasteiger partial charge in [0.15, 0.2) is 12.1 Å². The Hall–Kier alpha value is -3.49. The van der Waals surface area contributed by atoms with E-state index < -0.39 is 0 Å². The molecule has 0 unspecified atom stereocenters. The highest BCUT2D eigenvalue weighted by Crippen LogP contribution is 2.26. The van der Waals surface area contributed by atoms with Crippen LogP contribution in [0.5, 0.6) is 0 Å². The van der Waals surface area contributed by atoms with Crippen molar-refractivity contribution in [2.24, 2.45) is 0 Å². The number of nitrogens with one attached hydrogen (secondary N) is 2. The van der Waals surface area contributed by atoms with Crippen molar-refractivity contribution >= 4 is 28.8 Å². The van der Waals surface area contributed by atoms with Crippen LogP contribution < -0.4 is 10.6 Å². The Balaban J connectivity index is 0.000000248. The van der Waals surface area contributed by atoms with Crippen LogP contribution in [0.1, 0.15) is 36.2 Å². The Morgan fingerprint density at radius 2 is 1.82 bits per heavy atom. The van der Waals surface area contributed by atoms with Crippen LogP contribution in [0.4, 0.5) is 5.69 Å². The van der Waals surface area contributed by atoms with Crippen LogP contribution >= 0.6 is 0 Å².